The fourth-order valence-electron chi connectivity index (χ4n) is 3.17. The van der Waals surface area contributed by atoms with Crippen molar-refractivity contribution in [3.8, 4) is 5.75 Å². The summed E-state index contributed by atoms with van der Waals surface area (Å²) >= 11 is 0. The Morgan fingerprint density at radius 1 is 1.42 bits per heavy atom. The molecule has 1 heterocycles. The highest BCUT2D eigenvalue weighted by atomic mass is 16.5. The fraction of sp³-hybridized carbons (Fsp3) is 0.786. The van der Waals surface area contributed by atoms with Crippen LogP contribution in [0.1, 0.15) is 56.7 Å². The zero-order valence-electron chi connectivity index (χ0n) is 12.1. The number of aryl methyl sites for hydroxylation is 1. The van der Waals surface area contributed by atoms with Crippen LogP contribution in [0.3, 0.4) is 0 Å². The quantitative estimate of drug-likeness (QED) is 0.487. The monoisotopic (exact) mass is 266 g/mol. The van der Waals surface area contributed by atoms with Gasteiger partial charge in [0.25, 0.3) is 0 Å². The van der Waals surface area contributed by atoms with Crippen LogP contribution in [0, 0.1) is 5.92 Å². The van der Waals surface area contributed by atoms with Crippen molar-refractivity contribution in [2.75, 3.05) is 7.11 Å². The van der Waals surface area contributed by atoms with Crippen molar-refractivity contribution in [1.29, 1.82) is 0 Å². The maximum atomic E-state index is 5.77. The molecule has 1 atom stereocenters. The number of ether oxygens (including phenoxy) is 1. The van der Waals surface area contributed by atoms with Crippen molar-refractivity contribution in [2.24, 2.45) is 18.8 Å². The molecule has 0 saturated heterocycles. The lowest BCUT2D eigenvalue weighted by Gasteiger charge is -2.23. The molecule has 3 N–H and O–H groups in total. The van der Waals surface area contributed by atoms with Gasteiger partial charge >= 0.3 is 0 Å². The zero-order chi connectivity index (χ0) is 13.7. The molecule has 0 bridgehead atoms. The molecular weight excluding hydrogens is 240 g/mol. The number of hydrazine groups is 1. The van der Waals surface area contributed by atoms with E-state index in [-0.39, 0.29) is 6.04 Å². The van der Waals surface area contributed by atoms with Gasteiger partial charge in [-0.25, -0.2) is 0 Å². The van der Waals surface area contributed by atoms with Crippen LogP contribution < -0.4 is 16.0 Å². The van der Waals surface area contributed by atoms with E-state index in [1.807, 2.05) is 11.7 Å². The second kappa shape index (κ2) is 6.91. The van der Waals surface area contributed by atoms with E-state index in [4.69, 9.17) is 10.6 Å². The number of hydrogen-bond donors (Lipinski definition) is 2. The first-order valence-electron chi connectivity index (χ1n) is 7.28. The largest absolute Gasteiger partial charge is 0.493 e. The summed E-state index contributed by atoms with van der Waals surface area (Å²) in [4.78, 5) is 0. The van der Waals surface area contributed by atoms with Crippen molar-refractivity contribution < 1.29 is 4.74 Å². The summed E-state index contributed by atoms with van der Waals surface area (Å²) < 4.78 is 7.25. The number of aromatic nitrogens is 2. The van der Waals surface area contributed by atoms with E-state index in [1.54, 1.807) is 13.3 Å². The predicted molar refractivity (Wildman–Crippen MR) is 75.6 cm³/mol. The lowest BCUT2D eigenvalue weighted by atomic mass is 9.91. The van der Waals surface area contributed by atoms with Crippen LogP contribution in [-0.2, 0) is 7.05 Å². The second-order valence-electron chi connectivity index (χ2n) is 5.53. The Bertz CT molecular complexity index is 383. The molecule has 0 aliphatic heterocycles. The Balaban J connectivity index is 2.08. The lowest BCUT2D eigenvalue weighted by Crippen LogP contribution is -2.31. The maximum Gasteiger partial charge on any atom is 0.161 e. The molecule has 1 saturated carbocycles. The van der Waals surface area contributed by atoms with Gasteiger partial charge in [0.05, 0.1) is 25.0 Å². The van der Waals surface area contributed by atoms with Gasteiger partial charge in [-0.15, -0.1) is 0 Å². The third kappa shape index (κ3) is 3.48. The molecular formula is C14H26N4O. The van der Waals surface area contributed by atoms with E-state index < -0.39 is 0 Å². The Morgan fingerprint density at radius 2 is 2.11 bits per heavy atom. The lowest BCUT2D eigenvalue weighted by molar-refractivity contribution is 0.335. The first kappa shape index (κ1) is 14.3. The minimum absolute atomic E-state index is 0.116. The standard InChI is InChI=1S/C14H26N4O/c1-18-14(13(19-2)10-16-18)12(17-15)9-11-7-5-3-4-6-8-11/h10-12,17H,3-9,15H2,1-2H3. The van der Waals surface area contributed by atoms with Gasteiger partial charge in [0, 0.05) is 7.05 Å². The SMILES string of the molecule is COc1cnn(C)c1C(CC1CCCCCC1)NN. The van der Waals surface area contributed by atoms with Crippen molar-refractivity contribution >= 4 is 0 Å². The first-order chi connectivity index (χ1) is 9.26. The molecule has 1 aliphatic rings. The molecule has 0 spiro atoms. The topological polar surface area (TPSA) is 65.1 Å². The summed E-state index contributed by atoms with van der Waals surface area (Å²) in [5.41, 5.74) is 4.00. The van der Waals surface area contributed by atoms with Crippen molar-refractivity contribution in [3.05, 3.63) is 11.9 Å². The summed E-state index contributed by atoms with van der Waals surface area (Å²) in [5, 5.41) is 4.26. The van der Waals surface area contributed by atoms with Gasteiger partial charge in [-0.3, -0.25) is 16.0 Å². The number of nitrogens with zero attached hydrogens (tertiary/aromatic N) is 2. The molecule has 0 radical (unpaired) electrons. The highest BCUT2D eigenvalue weighted by Crippen LogP contribution is 2.33. The summed E-state index contributed by atoms with van der Waals surface area (Å²) in [6, 6.07) is 0.116. The molecule has 108 valence electrons. The Morgan fingerprint density at radius 3 is 2.68 bits per heavy atom. The number of nitrogens with two attached hydrogens (primary N) is 1. The van der Waals surface area contributed by atoms with Gasteiger partial charge in [-0.05, 0) is 12.3 Å². The minimum atomic E-state index is 0.116. The van der Waals surface area contributed by atoms with E-state index in [0.29, 0.717) is 0 Å². The van der Waals surface area contributed by atoms with Crippen molar-refractivity contribution in [3.63, 3.8) is 0 Å². The summed E-state index contributed by atoms with van der Waals surface area (Å²) in [5.74, 6) is 7.34. The average molecular weight is 266 g/mol. The number of methoxy groups -OCH3 is 1. The van der Waals surface area contributed by atoms with Gasteiger partial charge in [0.15, 0.2) is 5.75 Å². The highest BCUT2D eigenvalue weighted by molar-refractivity contribution is 5.28. The molecule has 0 amide bonds. The predicted octanol–water partition coefficient (Wildman–Crippen LogP) is 2.29. The second-order valence-corrected chi connectivity index (χ2v) is 5.53. The third-order valence-corrected chi connectivity index (χ3v) is 4.24. The molecule has 5 heteroatoms. The summed E-state index contributed by atoms with van der Waals surface area (Å²) in [6.07, 6.45) is 10.9. The van der Waals surface area contributed by atoms with Gasteiger partial charge in [-0.2, -0.15) is 5.10 Å². The van der Waals surface area contributed by atoms with E-state index in [0.717, 1.165) is 23.8 Å². The average Bonchev–Trinajstić information content (AvgIpc) is 2.64. The molecule has 1 aliphatic carbocycles. The van der Waals surface area contributed by atoms with Crippen molar-refractivity contribution in [1.82, 2.24) is 15.2 Å². The van der Waals surface area contributed by atoms with Crippen LogP contribution >= 0.6 is 0 Å². The van der Waals surface area contributed by atoms with Crippen LogP contribution in [-0.4, -0.2) is 16.9 Å². The van der Waals surface area contributed by atoms with E-state index >= 15 is 0 Å². The third-order valence-electron chi connectivity index (χ3n) is 4.24. The minimum Gasteiger partial charge on any atom is -0.493 e. The van der Waals surface area contributed by atoms with E-state index in [9.17, 15) is 0 Å². The molecule has 1 unspecified atom stereocenters. The van der Waals surface area contributed by atoms with Gasteiger partial charge in [-0.1, -0.05) is 38.5 Å². The molecule has 1 aromatic heterocycles. The van der Waals surface area contributed by atoms with E-state index in [1.165, 1.54) is 38.5 Å². The molecule has 1 aromatic rings. The highest BCUT2D eigenvalue weighted by Gasteiger charge is 2.24. The Labute approximate surface area is 115 Å². The summed E-state index contributed by atoms with van der Waals surface area (Å²) in [6.45, 7) is 0. The Hall–Kier alpha value is -1.07. The number of nitrogens with one attached hydrogen (secondary N) is 1. The van der Waals surface area contributed by atoms with E-state index in [2.05, 4.69) is 10.5 Å². The number of rotatable bonds is 5. The first-order valence-corrected chi connectivity index (χ1v) is 7.28. The molecule has 0 aromatic carbocycles. The van der Waals surface area contributed by atoms with Crippen LogP contribution in [0.2, 0.25) is 0 Å². The number of hydrogen-bond acceptors (Lipinski definition) is 4. The fourth-order valence-corrected chi connectivity index (χ4v) is 3.17. The van der Waals surface area contributed by atoms with Gasteiger partial charge in [0.2, 0.25) is 0 Å². The van der Waals surface area contributed by atoms with Crippen LogP contribution in [0.25, 0.3) is 0 Å². The molecule has 1 fully saturated rings. The normalized spacial score (nSPS) is 19.1. The van der Waals surface area contributed by atoms with Crippen molar-refractivity contribution in [2.45, 2.75) is 51.0 Å². The van der Waals surface area contributed by atoms with Crippen LogP contribution in [0.4, 0.5) is 0 Å². The Kier molecular flexibility index (Phi) is 5.22. The van der Waals surface area contributed by atoms with Crippen LogP contribution in [0.5, 0.6) is 5.75 Å². The molecule has 2 rings (SSSR count). The summed E-state index contributed by atoms with van der Waals surface area (Å²) in [7, 11) is 3.62. The maximum absolute atomic E-state index is 5.77. The van der Waals surface area contributed by atoms with Crippen LogP contribution in [0.15, 0.2) is 6.20 Å². The smallest absolute Gasteiger partial charge is 0.161 e. The van der Waals surface area contributed by atoms with Gasteiger partial charge < -0.3 is 4.74 Å². The molecule has 5 nitrogen and oxygen atoms in total. The molecule has 19 heavy (non-hydrogen) atoms. The zero-order valence-corrected chi connectivity index (χ0v) is 12.1. The van der Waals surface area contributed by atoms with Gasteiger partial charge in [0.1, 0.15) is 0 Å².